The van der Waals surface area contributed by atoms with Crippen molar-refractivity contribution >= 4 is 17.2 Å². The van der Waals surface area contributed by atoms with E-state index in [4.69, 9.17) is 0 Å². The van der Waals surface area contributed by atoms with Crippen LogP contribution in [0.25, 0.3) is 0 Å². The highest BCUT2D eigenvalue weighted by Crippen LogP contribution is 2.26. The average molecular weight is 289 g/mol. The van der Waals surface area contributed by atoms with E-state index in [1.807, 2.05) is 34.8 Å². The van der Waals surface area contributed by atoms with Crippen molar-refractivity contribution in [3.8, 4) is 0 Å². The highest BCUT2D eigenvalue weighted by Gasteiger charge is 2.30. The number of carbonyl (C=O) groups is 1. The van der Waals surface area contributed by atoms with Gasteiger partial charge in [-0.25, -0.2) is 0 Å². The first-order valence-electron chi connectivity index (χ1n) is 7.00. The van der Waals surface area contributed by atoms with E-state index in [0.717, 1.165) is 36.4 Å². The molecule has 3 heterocycles. The summed E-state index contributed by atoms with van der Waals surface area (Å²) in [6.07, 6.45) is 5.89. The monoisotopic (exact) mass is 289 g/mol. The summed E-state index contributed by atoms with van der Waals surface area (Å²) in [4.78, 5) is 17.1. The smallest absolute Gasteiger partial charge is 0.255 e. The van der Waals surface area contributed by atoms with Gasteiger partial charge in [0.25, 0.3) is 5.91 Å². The molecule has 1 amide bonds. The number of hydrogen-bond donors (Lipinski definition) is 0. The Bertz CT molecular complexity index is 603. The van der Waals surface area contributed by atoms with E-state index >= 15 is 0 Å². The third-order valence-corrected chi connectivity index (χ3v) is 4.83. The Morgan fingerprint density at radius 3 is 3.00 bits per heavy atom. The molecule has 2 aromatic heterocycles. The first kappa shape index (κ1) is 13.4. The Balaban J connectivity index is 1.78. The van der Waals surface area contributed by atoms with Crippen molar-refractivity contribution in [2.45, 2.75) is 39.3 Å². The number of aromatic nitrogens is 2. The maximum atomic E-state index is 12.7. The molecule has 1 aliphatic heterocycles. The van der Waals surface area contributed by atoms with Gasteiger partial charge in [0.1, 0.15) is 0 Å². The van der Waals surface area contributed by atoms with Gasteiger partial charge in [-0.15, -0.1) is 11.3 Å². The SMILES string of the molecule is Cc1cc(C(=O)N2CCC[C@H]2Cn2cccn2)c(C)s1. The zero-order valence-corrected chi connectivity index (χ0v) is 12.7. The van der Waals surface area contributed by atoms with Crippen LogP contribution in [0.3, 0.4) is 0 Å². The molecule has 0 saturated carbocycles. The number of aryl methyl sites for hydroxylation is 2. The molecule has 0 unspecified atom stereocenters. The van der Waals surface area contributed by atoms with Crippen LogP contribution in [0.15, 0.2) is 24.5 Å². The molecule has 1 fully saturated rings. The van der Waals surface area contributed by atoms with Gasteiger partial charge in [0.05, 0.1) is 18.2 Å². The van der Waals surface area contributed by atoms with Gasteiger partial charge in [0, 0.05) is 28.7 Å². The van der Waals surface area contributed by atoms with Gasteiger partial charge in [0.2, 0.25) is 0 Å². The van der Waals surface area contributed by atoms with Crippen molar-refractivity contribution in [1.29, 1.82) is 0 Å². The van der Waals surface area contributed by atoms with Crippen LogP contribution >= 0.6 is 11.3 Å². The Morgan fingerprint density at radius 1 is 1.50 bits per heavy atom. The predicted molar refractivity (Wildman–Crippen MR) is 80.1 cm³/mol. The number of amides is 1. The van der Waals surface area contributed by atoms with Crippen molar-refractivity contribution in [2.24, 2.45) is 0 Å². The number of thiophene rings is 1. The molecule has 0 aliphatic carbocycles. The van der Waals surface area contributed by atoms with Crippen molar-refractivity contribution in [3.05, 3.63) is 39.8 Å². The van der Waals surface area contributed by atoms with E-state index < -0.39 is 0 Å². The van der Waals surface area contributed by atoms with Gasteiger partial charge in [-0.2, -0.15) is 5.10 Å². The standard InChI is InChI=1S/C15H19N3OS/c1-11-9-14(12(2)20-11)15(19)18-8-3-5-13(18)10-17-7-4-6-16-17/h4,6-7,9,13H,3,5,8,10H2,1-2H3/t13-/m0/s1. The largest absolute Gasteiger partial charge is 0.334 e. The van der Waals surface area contributed by atoms with Crippen LogP contribution in [0, 0.1) is 13.8 Å². The second-order valence-corrected chi connectivity index (χ2v) is 6.81. The molecular weight excluding hydrogens is 270 g/mol. The molecule has 20 heavy (non-hydrogen) atoms. The quantitative estimate of drug-likeness (QED) is 0.871. The fourth-order valence-corrected chi connectivity index (χ4v) is 3.83. The Morgan fingerprint density at radius 2 is 2.35 bits per heavy atom. The lowest BCUT2D eigenvalue weighted by molar-refractivity contribution is 0.0721. The van der Waals surface area contributed by atoms with E-state index in [-0.39, 0.29) is 11.9 Å². The number of rotatable bonds is 3. The van der Waals surface area contributed by atoms with Crippen molar-refractivity contribution < 1.29 is 4.79 Å². The second kappa shape index (κ2) is 5.40. The molecule has 5 heteroatoms. The van der Waals surface area contributed by atoms with E-state index in [9.17, 15) is 4.79 Å². The van der Waals surface area contributed by atoms with Crippen molar-refractivity contribution in [3.63, 3.8) is 0 Å². The highest BCUT2D eigenvalue weighted by atomic mass is 32.1. The van der Waals surface area contributed by atoms with Gasteiger partial charge < -0.3 is 4.90 Å². The van der Waals surface area contributed by atoms with Crippen LogP contribution in [0.2, 0.25) is 0 Å². The lowest BCUT2D eigenvalue weighted by Crippen LogP contribution is -2.38. The third-order valence-electron chi connectivity index (χ3n) is 3.87. The maximum Gasteiger partial charge on any atom is 0.255 e. The lowest BCUT2D eigenvalue weighted by Gasteiger charge is -2.24. The number of carbonyl (C=O) groups excluding carboxylic acids is 1. The van der Waals surface area contributed by atoms with Crippen LogP contribution in [-0.2, 0) is 6.54 Å². The van der Waals surface area contributed by atoms with Crippen LogP contribution < -0.4 is 0 Å². The summed E-state index contributed by atoms with van der Waals surface area (Å²) in [5.74, 6) is 0.182. The van der Waals surface area contributed by atoms with Crippen molar-refractivity contribution in [1.82, 2.24) is 14.7 Å². The number of hydrogen-bond acceptors (Lipinski definition) is 3. The summed E-state index contributed by atoms with van der Waals surface area (Å²) in [5, 5.41) is 4.25. The van der Waals surface area contributed by atoms with E-state index in [1.54, 1.807) is 17.5 Å². The van der Waals surface area contributed by atoms with E-state index in [1.165, 1.54) is 4.88 Å². The van der Waals surface area contributed by atoms with E-state index in [0.29, 0.717) is 0 Å². The average Bonchev–Trinajstić information content (AvgIpc) is 3.11. The summed E-state index contributed by atoms with van der Waals surface area (Å²) in [7, 11) is 0. The molecule has 0 spiro atoms. The van der Waals surface area contributed by atoms with Crippen molar-refractivity contribution in [2.75, 3.05) is 6.54 Å². The summed E-state index contributed by atoms with van der Waals surface area (Å²) in [6, 6.07) is 4.21. The summed E-state index contributed by atoms with van der Waals surface area (Å²) in [6.45, 7) is 5.74. The number of nitrogens with zero attached hydrogens (tertiary/aromatic N) is 3. The molecule has 0 aromatic carbocycles. The molecule has 3 rings (SSSR count). The predicted octanol–water partition coefficient (Wildman–Crippen LogP) is 2.87. The van der Waals surface area contributed by atoms with Crippen LogP contribution in [0.1, 0.15) is 33.0 Å². The van der Waals surface area contributed by atoms with Crippen LogP contribution in [0.4, 0.5) is 0 Å². The molecule has 0 radical (unpaired) electrons. The fraction of sp³-hybridized carbons (Fsp3) is 0.467. The number of likely N-dealkylation sites (tertiary alicyclic amines) is 1. The second-order valence-electron chi connectivity index (χ2n) is 5.35. The van der Waals surface area contributed by atoms with Crippen LogP contribution in [-0.4, -0.2) is 33.2 Å². The Hall–Kier alpha value is -1.62. The highest BCUT2D eigenvalue weighted by molar-refractivity contribution is 7.12. The third kappa shape index (κ3) is 2.50. The molecule has 2 aromatic rings. The summed E-state index contributed by atoms with van der Waals surface area (Å²) in [5.41, 5.74) is 0.875. The zero-order valence-electron chi connectivity index (χ0n) is 11.9. The van der Waals surface area contributed by atoms with Crippen LogP contribution in [0.5, 0.6) is 0 Å². The topological polar surface area (TPSA) is 38.1 Å². The molecular formula is C15H19N3OS. The summed E-state index contributed by atoms with van der Waals surface area (Å²) < 4.78 is 1.92. The van der Waals surface area contributed by atoms with Gasteiger partial charge in [-0.1, -0.05) is 0 Å². The molecule has 1 atom stereocenters. The summed E-state index contributed by atoms with van der Waals surface area (Å²) >= 11 is 1.70. The molecule has 0 N–H and O–H groups in total. The fourth-order valence-electron chi connectivity index (χ4n) is 2.92. The minimum Gasteiger partial charge on any atom is -0.334 e. The first-order valence-corrected chi connectivity index (χ1v) is 7.82. The molecule has 106 valence electrons. The minimum atomic E-state index is 0.182. The Kier molecular flexibility index (Phi) is 3.61. The molecule has 4 nitrogen and oxygen atoms in total. The van der Waals surface area contributed by atoms with Gasteiger partial charge >= 0.3 is 0 Å². The molecule has 1 saturated heterocycles. The molecule has 0 bridgehead atoms. The molecule has 1 aliphatic rings. The van der Waals surface area contributed by atoms with Gasteiger partial charge in [-0.3, -0.25) is 9.48 Å². The van der Waals surface area contributed by atoms with Gasteiger partial charge in [-0.05, 0) is 38.8 Å². The van der Waals surface area contributed by atoms with E-state index in [2.05, 4.69) is 12.0 Å². The zero-order chi connectivity index (χ0) is 14.1. The normalized spacial score (nSPS) is 18.7. The lowest BCUT2D eigenvalue weighted by atomic mass is 10.2. The first-order chi connectivity index (χ1) is 9.65. The van der Waals surface area contributed by atoms with Gasteiger partial charge in [0.15, 0.2) is 0 Å². The maximum absolute atomic E-state index is 12.7. The Labute approximate surface area is 123 Å². The minimum absolute atomic E-state index is 0.182.